The van der Waals surface area contributed by atoms with Gasteiger partial charge in [-0.2, -0.15) is 0 Å². The number of aromatic nitrogens is 1. The monoisotopic (exact) mass is 361 g/mol. The third kappa shape index (κ3) is 5.75. The molecule has 0 saturated heterocycles. The molecule has 0 aliphatic rings. The summed E-state index contributed by atoms with van der Waals surface area (Å²) in [6.45, 7) is 7.44. The van der Waals surface area contributed by atoms with Crippen molar-refractivity contribution < 1.29 is 14.3 Å². The van der Waals surface area contributed by atoms with E-state index < -0.39 is 11.6 Å². The van der Waals surface area contributed by atoms with E-state index in [0.717, 1.165) is 24.0 Å². The number of benzene rings is 1. The van der Waals surface area contributed by atoms with Crippen LogP contribution >= 0.6 is 11.6 Å². The third-order valence-corrected chi connectivity index (χ3v) is 3.66. The highest BCUT2D eigenvalue weighted by Crippen LogP contribution is 2.34. The molecule has 0 atom stereocenters. The Kier molecular flexibility index (Phi) is 6.43. The Hall–Kier alpha value is -2.07. The molecule has 1 aromatic heterocycles. The van der Waals surface area contributed by atoms with Crippen molar-refractivity contribution in [3.05, 3.63) is 47.2 Å². The molecule has 25 heavy (non-hydrogen) atoms. The molecular weight excluding hydrogens is 338 g/mol. The van der Waals surface area contributed by atoms with Crippen LogP contribution < -0.4 is 4.74 Å². The van der Waals surface area contributed by atoms with Gasteiger partial charge in [-0.15, -0.1) is 0 Å². The number of hydrogen-bond donors (Lipinski definition) is 0. The van der Waals surface area contributed by atoms with Crippen molar-refractivity contribution in [1.29, 1.82) is 0 Å². The van der Waals surface area contributed by atoms with Crippen LogP contribution in [0.4, 0.5) is 0 Å². The van der Waals surface area contributed by atoms with Gasteiger partial charge in [-0.25, -0.2) is 4.79 Å². The van der Waals surface area contributed by atoms with E-state index in [9.17, 15) is 4.79 Å². The van der Waals surface area contributed by atoms with Gasteiger partial charge in [0.25, 0.3) is 0 Å². The van der Waals surface area contributed by atoms with Crippen molar-refractivity contribution in [1.82, 2.24) is 4.98 Å². The third-order valence-electron chi connectivity index (χ3n) is 3.43. The summed E-state index contributed by atoms with van der Waals surface area (Å²) >= 11 is 6.18. The first-order valence-electron chi connectivity index (χ1n) is 8.37. The Morgan fingerprint density at radius 2 is 1.96 bits per heavy atom. The number of carbonyl (C=O) groups excluding carboxylic acids is 1. The number of pyridine rings is 1. The highest BCUT2D eigenvalue weighted by molar-refractivity contribution is 6.31. The number of aryl methyl sites for hydroxylation is 1. The molecule has 0 radical (unpaired) electrons. The van der Waals surface area contributed by atoms with Crippen LogP contribution in [0.15, 0.2) is 36.7 Å². The number of rotatable bonds is 6. The van der Waals surface area contributed by atoms with E-state index >= 15 is 0 Å². The predicted octanol–water partition coefficient (Wildman–Crippen LogP) is 5.08. The number of carbonyl (C=O) groups is 1. The smallest absolute Gasteiger partial charge is 0.344 e. The van der Waals surface area contributed by atoms with Crippen molar-refractivity contribution in [3.8, 4) is 16.9 Å². The second kappa shape index (κ2) is 8.34. The zero-order chi connectivity index (χ0) is 18.4. The molecule has 1 aromatic carbocycles. The Labute approximate surface area is 154 Å². The normalized spacial score (nSPS) is 11.2. The van der Waals surface area contributed by atoms with Gasteiger partial charge < -0.3 is 9.47 Å². The van der Waals surface area contributed by atoms with Gasteiger partial charge in [0.05, 0.1) is 0 Å². The van der Waals surface area contributed by atoms with Gasteiger partial charge in [0.2, 0.25) is 0 Å². The van der Waals surface area contributed by atoms with Crippen LogP contribution in [0.25, 0.3) is 11.1 Å². The minimum absolute atomic E-state index is 0.157. The van der Waals surface area contributed by atoms with Gasteiger partial charge in [-0.05, 0) is 57.0 Å². The Morgan fingerprint density at radius 1 is 1.20 bits per heavy atom. The molecule has 0 aliphatic heterocycles. The molecule has 0 saturated carbocycles. The van der Waals surface area contributed by atoms with E-state index in [-0.39, 0.29) is 6.61 Å². The molecule has 0 amide bonds. The Bertz CT molecular complexity index is 738. The lowest BCUT2D eigenvalue weighted by molar-refractivity contribution is -0.157. The summed E-state index contributed by atoms with van der Waals surface area (Å²) in [5.41, 5.74) is 2.42. The van der Waals surface area contributed by atoms with Crippen LogP contribution in [0.2, 0.25) is 5.02 Å². The molecule has 0 bridgehead atoms. The topological polar surface area (TPSA) is 48.4 Å². The summed E-state index contributed by atoms with van der Waals surface area (Å²) in [5.74, 6) is 0.175. The number of ether oxygens (including phenoxy) is 2. The van der Waals surface area contributed by atoms with E-state index in [4.69, 9.17) is 21.1 Å². The lowest BCUT2D eigenvalue weighted by atomic mass is 9.98. The quantitative estimate of drug-likeness (QED) is 0.673. The maximum Gasteiger partial charge on any atom is 0.344 e. The van der Waals surface area contributed by atoms with Gasteiger partial charge >= 0.3 is 5.97 Å². The number of halogens is 1. The van der Waals surface area contributed by atoms with E-state index in [2.05, 4.69) is 11.9 Å². The molecule has 134 valence electrons. The highest BCUT2D eigenvalue weighted by atomic mass is 35.5. The zero-order valence-corrected chi connectivity index (χ0v) is 15.9. The van der Waals surface area contributed by atoms with Crippen molar-refractivity contribution in [3.63, 3.8) is 0 Å². The van der Waals surface area contributed by atoms with E-state index in [1.807, 2.05) is 32.9 Å². The zero-order valence-electron chi connectivity index (χ0n) is 15.1. The first kappa shape index (κ1) is 19.3. The molecule has 4 nitrogen and oxygen atoms in total. The molecule has 0 aliphatic carbocycles. The van der Waals surface area contributed by atoms with Gasteiger partial charge in [-0.1, -0.05) is 24.9 Å². The fourth-order valence-electron chi connectivity index (χ4n) is 2.50. The van der Waals surface area contributed by atoms with Crippen LogP contribution in [-0.4, -0.2) is 23.2 Å². The summed E-state index contributed by atoms with van der Waals surface area (Å²) in [6, 6.07) is 7.34. The van der Waals surface area contributed by atoms with Crippen LogP contribution in [0.5, 0.6) is 5.75 Å². The lowest BCUT2D eigenvalue weighted by Gasteiger charge is -2.20. The van der Waals surface area contributed by atoms with Gasteiger partial charge in [-0.3, -0.25) is 4.98 Å². The first-order valence-corrected chi connectivity index (χ1v) is 8.75. The average Bonchev–Trinajstić information content (AvgIpc) is 2.53. The molecule has 0 unspecified atom stereocenters. The van der Waals surface area contributed by atoms with Crippen LogP contribution in [-0.2, 0) is 16.0 Å². The molecular formula is C20H24ClNO3. The number of nitrogens with zero attached hydrogens (tertiary/aromatic N) is 1. The Balaban J connectivity index is 2.28. The van der Waals surface area contributed by atoms with Crippen LogP contribution in [0, 0.1) is 0 Å². The summed E-state index contributed by atoms with van der Waals surface area (Å²) in [4.78, 5) is 16.2. The van der Waals surface area contributed by atoms with E-state index in [1.54, 1.807) is 24.5 Å². The number of esters is 1. The fraction of sp³-hybridized carbons (Fsp3) is 0.400. The summed E-state index contributed by atoms with van der Waals surface area (Å²) in [7, 11) is 0. The standard InChI is InChI=1S/C20H24ClNO3/c1-5-6-14-9-10-22-12-17(14)16-11-15(21)7-8-18(16)24-13-19(23)25-20(2,3)4/h7-12H,5-6,13H2,1-4H3. The summed E-state index contributed by atoms with van der Waals surface area (Å²) in [5, 5.41) is 0.603. The maximum absolute atomic E-state index is 11.9. The van der Waals surface area contributed by atoms with Gasteiger partial charge in [0.15, 0.2) is 6.61 Å². The lowest BCUT2D eigenvalue weighted by Crippen LogP contribution is -2.27. The highest BCUT2D eigenvalue weighted by Gasteiger charge is 2.18. The molecule has 5 heteroatoms. The summed E-state index contributed by atoms with van der Waals surface area (Å²) < 4.78 is 11.0. The number of hydrogen-bond acceptors (Lipinski definition) is 4. The molecule has 2 rings (SSSR count). The average molecular weight is 362 g/mol. The molecule has 0 N–H and O–H groups in total. The largest absolute Gasteiger partial charge is 0.481 e. The minimum atomic E-state index is -0.541. The van der Waals surface area contributed by atoms with Crippen molar-refractivity contribution >= 4 is 17.6 Å². The minimum Gasteiger partial charge on any atom is -0.481 e. The molecule has 0 fully saturated rings. The van der Waals surface area contributed by atoms with Gasteiger partial charge in [0.1, 0.15) is 11.4 Å². The van der Waals surface area contributed by atoms with Crippen molar-refractivity contribution in [2.45, 2.75) is 46.1 Å². The van der Waals surface area contributed by atoms with Crippen molar-refractivity contribution in [2.24, 2.45) is 0 Å². The van der Waals surface area contributed by atoms with Gasteiger partial charge in [0, 0.05) is 28.5 Å². The van der Waals surface area contributed by atoms with Crippen LogP contribution in [0.3, 0.4) is 0 Å². The van der Waals surface area contributed by atoms with E-state index in [1.165, 1.54) is 5.56 Å². The second-order valence-electron chi connectivity index (χ2n) is 6.80. The molecule has 2 aromatic rings. The van der Waals surface area contributed by atoms with Crippen molar-refractivity contribution in [2.75, 3.05) is 6.61 Å². The predicted molar refractivity (Wildman–Crippen MR) is 100 cm³/mol. The second-order valence-corrected chi connectivity index (χ2v) is 7.23. The molecule has 1 heterocycles. The maximum atomic E-state index is 11.9. The first-order chi connectivity index (χ1) is 11.8. The molecule has 0 spiro atoms. The summed E-state index contributed by atoms with van der Waals surface area (Å²) in [6.07, 6.45) is 5.53. The van der Waals surface area contributed by atoms with E-state index in [0.29, 0.717) is 10.8 Å². The SMILES string of the molecule is CCCc1ccncc1-c1cc(Cl)ccc1OCC(=O)OC(C)(C)C. The van der Waals surface area contributed by atoms with Crippen LogP contribution in [0.1, 0.15) is 39.7 Å². The fourth-order valence-corrected chi connectivity index (χ4v) is 2.67. The Morgan fingerprint density at radius 3 is 2.64 bits per heavy atom.